The fourth-order valence-corrected chi connectivity index (χ4v) is 6.09. The summed E-state index contributed by atoms with van der Waals surface area (Å²) in [4.78, 5) is 24.8. The largest absolute Gasteiger partial charge is 0.452 e. The molecule has 1 aromatic rings. The number of hydrogen-bond acceptors (Lipinski definition) is 3. The number of amides is 1. The van der Waals surface area contributed by atoms with E-state index in [0.29, 0.717) is 23.4 Å². The lowest BCUT2D eigenvalue weighted by Crippen LogP contribution is -2.56. The summed E-state index contributed by atoms with van der Waals surface area (Å²) in [6.45, 7) is 6.58. The third kappa shape index (κ3) is 3.06. The number of esters is 1. The highest BCUT2D eigenvalue weighted by Crippen LogP contribution is 2.53. The van der Waals surface area contributed by atoms with Crippen molar-refractivity contribution in [2.24, 2.45) is 23.7 Å². The van der Waals surface area contributed by atoms with Crippen LogP contribution in [0.5, 0.6) is 0 Å². The Kier molecular flexibility index (Phi) is 4.57. The lowest BCUT2D eigenvalue weighted by molar-refractivity contribution is -0.128. The molecular formula is C21H30N2O3. The van der Waals surface area contributed by atoms with Crippen LogP contribution in [-0.2, 0) is 16.1 Å². The predicted molar refractivity (Wildman–Crippen MR) is 98.8 cm³/mol. The highest BCUT2D eigenvalue weighted by molar-refractivity contribution is 5.92. The Hall–Kier alpha value is -1.78. The molecule has 4 aliphatic rings. The summed E-state index contributed by atoms with van der Waals surface area (Å²) in [6, 6.07) is 2.14. The maximum Gasteiger partial charge on any atom is 0.340 e. The first-order valence-electron chi connectivity index (χ1n) is 10.1. The van der Waals surface area contributed by atoms with E-state index in [1.807, 2.05) is 26.8 Å². The molecule has 0 saturated heterocycles. The maximum atomic E-state index is 12.4. The molecule has 1 amide bonds. The first-order chi connectivity index (χ1) is 12.5. The Labute approximate surface area is 155 Å². The topological polar surface area (TPSA) is 60.3 Å². The molecule has 0 aliphatic heterocycles. The molecule has 4 aliphatic carbocycles. The van der Waals surface area contributed by atoms with Crippen molar-refractivity contribution in [3.05, 3.63) is 23.0 Å². The Bertz CT molecular complexity index is 693. The van der Waals surface area contributed by atoms with E-state index in [0.717, 1.165) is 29.8 Å². The van der Waals surface area contributed by atoms with Gasteiger partial charge in [0.2, 0.25) is 0 Å². The Morgan fingerprint density at radius 3 is 2.27 bits per heavy atom. The zero-order valence-electron chi connectivity index (χ0n) is 16.1. The fraction of sp³-hybridized carbons (Fsp3) is 0.714. The summed E-state index contributed by atoms with van der Waals surface area (Å²) in [5, 5.41) is 3.19. The van der Waals surface area contributed by atoms with Gasteiger partial charge in [0.05, 0.1) is 5.56 Å². The number of aromatic nitrogens is 1. The molecule has 4 fully saturated rings. The van der Waals surface area contributed by atoms with Gasteiger partial charge in [-0.15, -0.1) is 0 Å². The molecule has 0 spiro atoms. The number of nitrogens with zero attached hydrogens (tertiary/aromatic N) is 1. The van der Waals surface area contributed by atoms with E-state index >= 15 is 0 Å². The van der Waals surface area contributed by atoms with Crippen LogP contribution >= 0.6 is 0 Å². The number of aryl methyl sites for hydroxylation is 1. The molecular weight excluding hydrogens is 328 g/mol. The molecule has 5 nitrogen and oxygen atoms in total. The third-order valence-electron chi connectivity index (χ3n) is 7.00. The van der Waals surface area contributed by atoms with Gasteiger partial charge in [0, 0.05) is 24.0 Å². The number of hydrogen-bond donors (Lipinski definition) is 1. The predicted octanol–water partition coefficient (Wildman–Crippen LogP) is 3.22. The average molecular weight is 358 g/mol. The van der Waals surface area contributed by atoms with Gasteiger partial charge in [-0.2, -0.15) is 0 Å². The van der Waals surface area contributed by atoms with Crippen molar-refractivity contribution in [1.82, 2.24) is 9.88 Å². The van der Waals surface area contributed by atoms with E-state index in [1.54, 1.807) is 0 Å². The molecule has 0 atom stereocenters. The summed E-state index contributed by atoms with van der Waals surface area (Å²) in [5.41, 5.74) is 2.50. The number of rotatable bonds is 5. The van der Waals surface area contributed by atoms with Crippen molar-refractivity contribution in [3.8, 4) is 0 Å². The van der Waals surface area contributed by atoms with E-state index in [2.05, 4.69) is 9.88 Å². The summed E-state index contributed by atoms with van der Waals surface area (Å²) < 4.78 is 7.39. The molecule has 4 bridgehead atoms. The van der Waals surface area contributed by atoms with Crippen LogP contribution in [-0.4, -0.2) is 29.1 Å². The quantitative estimate of drug-likeness (QED) is 0.822. The molecule has 0 radical (unpaired) electrons. The van der Waals surface area contributed by atoms with Crippen LogP contribution in [0.4, 0.5) is 0 Å². The Balaban J connectivity index is 1.32. The van der Waals surface area contributed by atoms with Crippen molar-refractivity contribution < 1.29 is 14.3 Å². The molecule has 26 heavy (non-hydrogen) atoms. The van der Waals surface area contributed by atoms with Gasteiger partial charge in [-0.25, -0.2) is 4.79 Å². The molecule has 0 aromatic carbocycles. The van der Waals surface area contributed by atoms with Gasteiger partial charge in [-0.3, -0.25) is 4.79 Å². The van der Waals surface area contributed by atoms with Crippen molar-refractivity contribution in [1.29, 1.82) is 0 Å². The van der Waals surface area contributed by atoms with Crippen LogP contribution in [0.25, 0.3) is 0 Å². The summed E-state index contributed by atoms with van der Waals surface area (Å²) >= 11 is 0. The summed E-state index contributed by atoms with van der Waals surface area (Å²) in [7, 11) is 0. The summed E-state index contributed by atoms with van der Waals surface area (Å²) in [6.07, 6.45) is 6.46. The van der Waals surface area contributed by atoms with E-state index in [1.165, 1.54) is 32.1 Å². The average Bonchev–Trinajstić information content (AvgIpc) is 2.89. The third-order valence-corrected chi connectivity index (χ3v) is 7.00. The van der Waals surface area contributed by atoms with Gasteiger partial charge in [-0.05, 0) is 82.6 Å². The maximum absolute atomic E-state index is 12.4. The molecule has 5 rings (SSSR count). The molecule has 4 saturated carbocycles. The van der Waals surface area contributed by atoms with Gasteiger partial charge in [0.25, 0.3) is 5.91 Å². The Morgan fingerprint density at radius 1 is 1.12 bits per heavy atom. The second-order valence-electron chi connectivity index (χ2n) is 8.63. The van der Waals surface area contributed by atoms with Crippen molar-refractivity contribution >= 4 is 11.9 Å². The van der Waals surface area contributed by atoms with Gasteiger partial charge in [0.15, 0.2) is 6.61 Å². The lowest BCUT2D eigenvalue weighted by Gasteiger charge is -2.54. The van der Waals surface area contributed by atoms with Crippen molar-refractivity contribution in [3.63, 3.8) is 0 Å². The molecule has 1 N–H and O–H groups in total. The number of carbonyl (C=O) groups is 2. The zero-order valence-corrected chi connectivity index (χ0v) is 16.1. The second-order valence-corrected chi connectivity index (χ2v) is 8.63. The van der Waals surface area contributed by atoms with Crippen LogP contribution in [0.3, 0.4) is 0 Å². The second kappa shape index (κ2) is 6.75. The standard InChI is InChI=1S/C21H30N2O3/c1-4-23-12(2)5-18(13(23)3)21(25)26-11-19(24)22-20-16-7-14-6-15(9-16)10-17(20)8-14/h5,14-17,20H,4,6-11H2,1-3H3,(H,22,24). The minimum atomic E-state index is -0.405. The molecule has 0 unspecified atom stereocenters. The number of carbonyl (C=O) groups excluding carboxylic acids is 2. The zero-order chi connectivity index (χ0) is 18.4. The molecule has 1 heterocycles. The highest BCUT2D eigenvalue weighted by Gasteiger charge is 2.48. The normalized spacial score (nSPS) is 31.9. The van der Waals surface area contributed by atoms with E-state index in [-0.39, 0.29) is 12.5 Å². The van der Waals surface area contributed by atoms with Gasteiger partial charge in [0.1, 0.15) is 0 Å². The van der Waals surface area contributed by atoms with E-state index in [9.17, 15) is 9.59 Å². The van der Waals surface area contributed by atoms with Crippen LogP contribution in [0, 0.1) is 37.5 Å². The monoisotopic (exact) mass is 358 g/mol. The SMILES string of the molecule is CCn1c(C)cc(C(=O)OCC(=O)NC2C3CC4CC(C3)CC2C4)c1C. The van der Waals surface area contributed by atoms with E-state index in [4.69, 9.17) is 4.74 Å². The number of ether oxygens (including phenoxy) is 1. The van der Waals surface area contributed by atoms with Crippen LogP contribution in [0.15, 0.2) is 6.07 Å². The number of nitrogens with one attached hydrogen (secondary N) is 1. The van der Waals surface area contributed by atoms with Crippen molar-refractivity contribution in [2.45, 2.75) is 65.5 Å². The lowest BCUT2D eigenvalue weighted by atomic mass is 9.54. The van der Waals surface area contributed by atoms with Crippen molar-refractivity contribution in [2.75, 3.05) is 6.61 Å². The molecule has 5 heteroatoms. The minimum absolute atomic E-state index is 0.153. The smallest absolute Gasteiger partial charge is 0.340 e. The fourth-order valence-electron chi connectivity index (χ4n) is 6.09. The molecule has 1 aromatic heterocycles. The van der Waals surface area contributed by atoms with Gasteiger partial charge in [-0.1, -0.05) is 0 Å². The first-order valence-corrected chi connectivity index (χ1v) is 10.1. The van der Waals surface area contributed by atoms with Crippen LogP contribution in [0.1, 0.15) is 60.8 Å². The Morgan fingerprint density at radius 2 is 1.73 bits per heavy atom. The minimum Gasteiger partial charge on any atom is -0.452 e. The van der Waals surface area contributed by atoms with Crippen LogP contribution < -0.4 is 5.32 Å². The molecule has 142 valence electrons. The summed E-state index contributed by atoms with van der Waals surface area (Å²) in [5.74, 6) is 2.48. The van der Waals surface area contributed by atoms with E-state index < -0.39 is 5.97 Å². The van der Waals surface area contributed by atoms with Crippen LogP contribution in [0.2, 0.25) is 0 Å². The van der Waals surface area contributed by atoms with Gasteiger partial charge >= 0.3 is 5.97 Å². The highest BCUT2D eigenvalue weighted by atomic mass is 16.5. The first kappa shape index (κ1) is 17.6. The van der Waals surface area contributed by atoms with Gasteiger partial charge < -0.3 is 14.6 Å².